The predicted octanol–water partition coefficient (Wildman–Crippen LogP) is 1.45. The molecular weight excluding hydrogens is 316 g/mol. The molecular formula is C18H18N6O. The summed E-state index contributed by atoms with van der Waals surface area (Å²) in [5.74, 6) is 0.526. The van der Waals surface area contributed by atoms with Crippen molar-refractivity contribution in [2.75, 3.05) is 36.0 Å². The number of benzene rings is 1. The van der Waals surface area contributed by atoms with Crippen molar-refractivity contribution >= 4 is 28.6 Å². The molecule has 3 aromatic rings. The topological polar surface area (TPSA) is 88.2 Å². The number of carbonyl (C=O) groups excluding carboxylic acids is 1. The van der Waals surface area contributed by atoms with Gasteiger partial charge in [0.05, 0.1) is 0 Å². The molecule has 1 aromatic carbocycles. The summed E-state index contributed by atoms with van der Waals surface area (Å²) in [4.78, 5) is 28.9. The maximum Gasteiger partial charge on any atom is 0.248 e. The van der Waals surface area contributed by atoms with Crippen molar-refractivity contribution in [2.45, 2.75) is 0 Å². The molecule has 1 amide bonds. The molecule has 0 spiro atoms. The van der Waals surface area contributed by atoms with Crippen molar-refractivity contribution in [2.24, 2.45) is 5.73 Å². The average Bonchev–Trinajstić information content (AvgIpc) is 2.68. The normalized spacial score (nSPS) is 14.7. The van der Waals surface area contributed by atoms with Crippen LogP contribution in [0.2, 0.25) is 0 Å². The Bertz CT molecular complexity index is 903. The van der Waals surface area contributed by atoms with Gasteiger partial charge in [-0.15, -0.1) is 0 Å². The number of amides is 1. The van der Waals surface area contributed by atoms with Crippen LogP contribution < -0.4 is 15.5 Å². The molecule has 2 N–H and O–H groups in total. The van der Waals surface area contributed by atoms with E-state index in [-0.39, 0.29) is 0 Å². The van der Waals surface area contributed by atoms with Crippen LogP contribution in [0.1, 0.15) is 10.4 Å². The van der Waals surface area contributed by atoms with Crippen molar-refractivity contribution in [3.63, 3.8) is 0 Å². The third-order valence-electron chi connectivity index (χ3n) is 4.44. The Labute approximate surface area is 145 Å². The summed E-state index contributed by atoms with van der Waals surface area (Å²) >= 11 is 0. The molecule has 0 unspecified atom stereocenters. The number of nitrogens with zero attached hydrogens (tertiary/aromatic N) is 5. The number of fused-ring (bicyclic) bond motifs is 1. The van der Waals surface area contributed by atoms with Gasteiger partial charge in [0.25, 0.3) is 0 Å². The van der Waals surface area contributed by atoms with Crippen LogP contribution in [0.15, 0.2) is 48.8 Å². The van der Waals surface area contributed by atoms with Gasteiger partial charge in [-0.2, -0.15) is 0 Å². The lowest BCUT2D eigenvalue weighted by Crippen LogP contribution is -2.46. The van der Waals surface area contributed by atoms with E-state index in [1.165, 1.54) is 0 Å². The molecule has 0 bridgehead atoms. The number of anilines is 2. The number of primary amides is 1. The van der Waals surface area contributed by atoms with Crippen LogP contribution in [0.4, 0.5) is 11.5 Å². The maximum absolute atomic E-state index is 11.2. The molecule has 3 heterocycles. The highest BCUT2D eigenvalue weighted by Crippen LogP contribution is 2.21. The zero-order valence-corrected chi connectivity index (χ0v) is 13.7. The van der Waals surface area contributed by atoms with Crippen LogP contribution in [-0.2, 0) is 0 Å². The lowest BCUT2D eigenvalue weighted by molar-refractivity contribution is 0.100. The monoisotopic (exact) mass is 334 g/mol. The van der Waals surface area contributed by atoms with Crippen molar-refractivity contribution in [1.82, 2.24) is 15.0 Å². The van der Waals surface area contributed by atoms with Crippen molar-refractivity contribution in [3.05, 3.63) is 54.4 Å². The van der Waals surface area contributed by atoms with E-state index in [4.69, 9.17) is 5.73 Å². The van der Waals surface area contributed by atoms with Crippen molar-refractivity contribution in [3.8, 4) is 0 Å². The van der Waals surface area contributed by atoms with Gasteiger partial charge >= 0.3 is 0 Å². The second kappa shape index (κ2) is 6.35. The van der Waals surface area contributed by atoms with E-state index in [0.717, 1.165) is 43.2 Å². The van der Waals surface area contributed by atoms with Crippen molar-refractivity contribution in [1.29, 1.82) is 0 Å². The number of piperazine rings is 1. The Morgan fingerprint density at radius 3 is 2.28 bits per heavy atom. The lowest BCUT2D eigenvalue weighted by atomic mass is 10.1. The average molecular weight is 334 g/mol. The molecule has 2 aromatic heterocycles. The van der Waals surface area contributed by atoms with Crippen LogP contribution in [0, 0.1) is 0 Å². The molecule has 25 heavy (non-hydrogen) atoms. The summed E-state index contributed by atoms with van der Waals surface area (Å²) in [5, 5.41) is 0. The van der Waals surface area contributed by atoms with Gasteiger partial charge in [-0.3, -0.25) is 9.78 Å². The Balaban J connectivity index is 1.46. The van der Waals surface area contributed by atoms with Crippen LogP contribution in [0.5, 0.6) is 0 Å². The molecule has 4 rings (SSSR count). The Hall–Kier alpha value is -3.22. The number of pyridine rings is 1. The molecule has 1 aliphatic heterocycles. The van der Waals surface area contributed by atoms with Gasteiger partial charge < -0.3 is 15.5 Å². The number of rotatable bonds is 3. The van der Waals surface area contributed by atoms with Crippen LogP contribution in [-0.4, -0.2) is 47.0 Å². The quantitative estimate of drug-likeness (QED) is 0.780. The van der Waals surface area contributed by atoms with Gasteiger partial charge in [-0.1, -0.05) is 0 Å². The molecule has 0 radical (unpaired) electrons. The highest BCUT2D eigenvalue weighted by Gasteiger charge is 2.19. The third kappa shape index (κ3) is 3.08. The summed E-state index contributed by atoms with van der Waals surface area (Å²) < 4.78 is 0. The first kappa shape index (κ1) is 15.3. The summed E-state index contributed by atoms with van der Waals surface area (Å²) in [5.41, 5.74) is 8.39. The number of hydrogen-bond acceptors (Lipinski definition) is 6. The minimum Gasteiger partial charge on any atom is -0.368 e. The van der Waals surface area contributed by atoms with E-state index in [1.807, 2.05) is 24.3 Å². The SMILES string of the molecule is NC(=O)c1ccc(N2CCN(c3ccc4nccnc4n3)CC2)cc1. The second-order valence-corrected chi connectivity index (χ2v) is 5.95. The van der Waals surface area contributed by atoms with Crippen LogP contribution in [0.3, 0.4) is 0 Å². The van der Waals surface area contributed by atoms with Crippen LogP contribution >= 0.6 is 0 Å². The van der Waals surface area contributed by atoms with E-state index >= 15 is 0 Å². The van der Waals surface area contributed by atoms with Crippen molar-refractivity contribution < 1.29 is 4.79 Å². The number of hydrogen-bond donors (Lipinski definition) is 1. The Kier molecular flexibility index (Phi) is 3.89. The summed E-state index contributed by atoms with van der Waals surface area (Å²) in [7, 11) is 0. The fourth-order valence-electron chi connectivity index (χ4n) is 3.05. The number of carbonyl (C=O) groups is 1. The van der Waals surface area contributed by atoms with Gasteiger partial charge in [0, 0.05) is 49.8 Å². The molecule has 7 heteroatoms. The Morgan fingerprint density at radius 2 is 1.56 bits per heavy atom. The summed E-state index contributed by atoms with van der Waals surface area (Å²) in [6.07, 6.45) is 3.33. The molecule has 1 fully saturated rings. The summed E-state index contributed by atoms with van der Waals surface area (Å²) in [6, 6.07) is 11.4. The zero-order valence-electron chi connectivity index (χ0n) is 13.7. The zero-order chi connectivity index (χ0) is 17.2. The van der Waals surface area contributed by atoms with Gasteiger partial charge in [-0.25, -0.2) is 9.97 Å². The third-order valence-corrected chi connectivity index (χ3v) is 4.44. The van der Waals surface area contributed by atoms with Gasteiger partial charge in [0.1, 0.15) is 11.3 Å². The van der Waals surface area contributed by atoms with E-state index in [1.54, 1.807) is 24.5 Å². The number of nitrogens with two attached hydrogens (primary N) is 1. The minimum absolute atomic E-state index is 0.401. The molecule has 1 aliphatic rings. The molecule has 0 aliphatic carbocycles. The number of aromatic nitrogens is 3. The highest BCUT2D eigenvalue weighted by molar-refractivity contribution is 5.93. The van der Waals surface area contributed by atoms with Crippen LogP contribution in [0.25, 0.3) is 11.2 Å². The molecule has 1 saturated heterocycles. The fourth-order valence-corrected chi connectivity index (χ4v) is 3.05. The first-order chi connectivity index (χ1) is 12.2. The van der Waals surface area contributed by atoms with Gasteiger partial charge in [0.15, 0.2) is 5.65 Å². The van der Waals surface area contributed by atoms with E-state index in [0.29, 0.717) is 11.2 Å². The fraction of sp³-hybridized carbons (Fsp3) is 0.222. The van der Waals surface area contributed by atoms with Gasteiger partial charge in [-0.05, 0) is 36.4 Å². The second-order valence-electron chi connectivity index (χ2n) is 5.95. The summed E-state index contributed by atoms with van der Waals surface area (Å²) in [6.45, 7) is 3.51. The molecule has 126 valence electrons. The minimum atomic E-state index is -0.401. The van der Waals surface area contributed by atoms with E-state index in [9.17, 15) is 4.79 Å². The Morgan fingerprint density at radius 1 is 0.880 bits per heavy atom. The van der Waals surface area contributed by atoms with Gasteiger partial charge in [0.2, 0.25) is 5.91 Å². The molecule has 0 atom stereocenters. The maximum atomic E-state index is 11.2. The molecule has 7 nitrogen and oxygen atoms in total. The standard InChI is InChI=1S/C18H18N6O/c19-17(25)13-1-3-14(4-2-13)23-9-11-24(12-10-23)16-6-5-15-18(22-16)21-8-7-20-15/h1-8H,9-12H2,(H2,19,25). The molecule has 0 saturated carbocycles. The highest BCUT2D eigenvalue weighted by atomic mass is 16.1. The first-order valence-electron chi connectivity index (χ1n) is 8.18. The van der Waals surface area contributed by atoms with E-state index < -0.39 is 5.91 Å². The predicted molar refractivity (Wildman–Crippen MR) is 96.7 cm³/mol. The smallest absolute Gasteiger partial charge is 0.248 e. The largest absolute Gasteiger partial charge is 0.368 e. The lowest BCUT2D eigenvalue weighted by Gasteiger charge is -2.36. The first-order valence-corrected chi connectivity index (χ1v) is 8.18. The van der Waals surface area contributed by atoms with E-state index in [2.05, 4.69) is 24.8 Å².